The number of rotatable bonds is 7. The molecule has 0 aliphatic carbocycles. The number of benzene rings is 1. The molecule has 0 radical (unpaired) electrons. The van der Waals surface area contributed by atoms with E-state index in [4.69, 9.17) is 14.8 Å². The molecule has 0 aromatic heterocycles. The highest BCUT2D eigenvalue weighted by molar-refractivity contribution is 6.58. The van der Waals surface area contributed by atoms with E-state index in [9.17, 15) is 0 Å². The Balaban J connectivity index is 1.65. The van der Waals surface area contributed by atoms with Gasteiger partial charge in [0.25, 0.3) is 0 Å². The van der Waals surface area contributed by atoms with Gasteiger partial charge in [0.2, 0.25) is 0 Å². The van der Waals surface area contributed by atoms with Crippen LogP contribution >= 0.6 is 0 Å². The zero-order valence-corrected chi connectivity index (χ0v) is 12.9. The molecule has 116 valence electrons. The van der Waals surface area contributed by atoms with Crippen LogP contribution in [0.5, 0.6) is 5.75 Å². The lowest BCUT2D eigenvalue weighted by molar-refractivity contribution is 0.151. The van der Waals surface area contributed by atoms with Gasteiger partial charge in [0.15, 0.2) is 0 Å². The first kappa shape index (κ1) is 16.3. The predicted octanol–water partition coefficient (Wildman–Crippen LogP) is 1.26. The fourth-order valence-electron chi connectivity index (χ4n) is 2.94. The number of likely N-dealkylation sites (tertiary alicyclic amines) is 1. The molecule has 5 heteroatoms. The van der Waals surface area contributed by atoms with Gasteiger partial charge in [-0.1, -0.05) is 31.9 Å². The van der Waals surface area contributed by atoms with Gasteiger partial charge in [-0.2, -0.15) is 0 Å². The molecule has 0 unspecified atom stereocenters. The van der Waals surface area contributed by atoms with Crippen LogP contribution in [0.2, 0.25) is 0 Å². The number of hydrogen-bond acceptors (Lipinski definition) is 4. The van der Waals surface area contributed by atoms with Gasteiger partial charge in [0.05, 0.1) is 0 Å². The van der Waals surface area contributed by atoms with E-state index in [1.165, 1.54) is 38.8 Å². The van der Waals surface area contributed by atoms with E-state index >= 15 is 0 Å². The second-order valence-corrected chi connectivity index (χ2v) is 5.86. The van der Waals surface area contributed by atoms with Gasteiger partial charge < -0.3 is 14.8 Å². The summed E-state index contributed by atoms with van der Waals surface area (Å²) in [5, 5.41) is 18.1. The third-order valence-electron chi connectivity index (χ3n) is 4.26. The van der Waals surface area contributed by atoms with Crippen molar-refractivity contribution in [2.75, 3.05) is 26.2 Å². The SMILES string of the molecule is CCCC1CCN(CCOc2ccc(B(O)O)cc2)CC1. The van der Waals surface area contributed by atoms with Gasteiger partial charge in [0.1, 0.15) is 12.4 Å². The molecule has 0 atom stereocenters. The fourth-order valence-corrected chi connectivity index (χ4v) is 2.94. The van der Waals surface area contributed by atoms with Crippen LogP contribution in [0.3, 0.4) is 0 Å². The minimum absolute atomic E-state index is 0.486. The molecule has 1 fully saturated rings. The van der Waals surface area contributed by atoms with Crippen LogP contribution in [-0.4, -0.2) is 48.3 Å². The van der Waals surface area contributed by atoms with Crippen molar-refractivity contribution in [2.45, 2.75) is 32.6 Å². The lowest BCUT2D eigenvalue weighted by Crippen LogP contribution is -2.36. The Morgan fingerprint density at radius 2 is 1.86 bits per heavy atom. The lowest BCUT2D eigenvalue weighted by Gasteiger charge is -2.31. The summed E-state index contributed by atoms with van der Waals surface area (Å²) in [7, 11) is -1.41. The van der Waals surface area contributed by atoms with Crippen LogP contribution in [0.1, 0.15) is 32.6 Å². The molecule has 1 aromatic rings. The van der Waals surface area contributed by atoms with Gasteiger partial charge in [-0.25, -0.2) is 0 Å². The molecule has 21 heavy (non-hydrogen) atoms. The molecule has 2 N–H and O–H groups in total. The molecular weight excluding hydrogens is 265 g/mol. The van der Waals surface area contributed by atoms with Crippen LogP contribution in [0.15, 0.2) is 24.3 Å². The smallest absolute Gasteiger partial charge is 0.488 e. The Labute approximate surface area is 127 Å². The molecule has 1 aliphatic rings. The van der Waals surface area contributed by atoms with Crippen molar-refractivity contribution in [1.82, 2.24) is 4.90 Å². The predicted molar refractivity (Wildman–Crippen MR) is 85.8 cm³/mol. The first-order valence-electron chi connectivity index (χ1n) is 8.00. The zero-order chi connectivity index (χ0) is 15.1. The Bertz CT molecular complexity index is 402. The third kappa shape index (κ3) is 5.34. The second kappa shape index (κ2) is 8.42. The van der Waals surface area contributed by atoms with E-state index in [1.54, 1.807) is 24.3 Å². The molecular formula is C16H26BNO3. The Hall–Kier alpha value is -1.04. The minimum Gasteiger partial charge on any atom is -0.492 e. The quantitative estimate of drug-likeness (QED) is 0.743. The average molecular weight is 291 g/mol. The summed E-state index contributed by atoms with van der Waals surface area (Å²) in [4.78, 5) is 2.47. The number of piperidine rings is 1. The van der Waals surface area contributed by atoms with Crippen LogP contribution in [-0.2, 0) is 0 Å². The van der Waals surface area contributed by atoms with Gasteiger partial charge in [-0.05, 0) is 49.4 Å². The molecule has 0 spiro atoms. The third-order valence-corrected chi connectivity index (χ3v) is 4.26. The van der Waals surface area contributed by atoms with Crippen molar-refractivity contribution in [3.05, 3.63) is 24.3 Å². The van der Waals surface area contributed by atoms with E-state index in [1.807, 2.05) is 0 Å². The molecule has 2 rings (SSSR count). The fraction of sp³-hybridized carbons (Fsp3) is 0.625. The van der Waals surface area contributed by atoms with Crippen molar-refractivity contribution in [2.24, 2.45) is 5.92 Å². The molecule has 1 aromatic carbocycles. The molecule has 1 aliphatic heterocycles. The Morgan fingerprint density at radius 1 is 1.19 bits per heavy atom. The highest BCUT2D eigenvalue weighted by Crippen LogP contribution is 2.21. The Kier molecular flexibility index (Phi) is 6.55. The van der Waals surface area contributed by atoms with Crippen LogP contribution in [0, 0.1) is 5.92 Å². The highest BCUT2D eigenvalue weighted by atomic mass is 16.5. The standard InChI is InChI=1S/C16H26BNO3/c1-2-3-14-8-10-18(11-9-14)12-13-21-16-6-4-15(5-7-16)17(19)20/h4-7,14,19-20H,2-3,8-13H2,1H3. The summed E-state index contributed by atoms with van der Waals surface area (Å²) < 4.78 is 5.71. The largest absolute Gasteiger partial charge is 0.492 e. The molecule has 0 bridgehead atoms. The van der Waals surface area contributed by atoms with Gasteiger partial charge in [-0.3, -0.25) is 4.90 Å². The van der Waals surface area contributed by atoms with Crippen LogP contribution in [0.25, 0.3) is 0 Å². The molecule has 0 saturated carbocycles. The van der Waals surface area contributed by atoms with E-state index in [0.717, 1.165) is 18.2 Å². The van der Waals surface area contributed by atoms with Crippen molar-refractivity contribution in [3.63, 3.8) is 0 Å². The summed E-state index contributed by atoms with van der Waals surface area (Å²) in [6, 6.07) is 6.91. The van der Waals surface area contributed by atoms with Gasteiger partial charge >= 0.3 is 7.12 Å². The topological polar surface area (TPSA) is 52.9 Å². The zero-order valence-electron chi connectivity index (χ0n) is 12.9. The van der Waals surface area contributed by atoms with E-state index in [-0.39, 0.29) is 0 Å². The van der Waals surface area contributed by atoms with Crippen molar-refractivity contribution < 1.29 is 14.8 Å². The highest BCUT2D eigenvalue weighted by Gasteiger charge is 2.18. The average Bonchev–Trinajstić information content (AvgIpc) is 2.50. The summed E-state index contributed by atoms with van der Waals surface area (Å²) in [5.74, 6) is 1.70. The molecule has 1 saturated heterocycles. The van der Waals surface area contributed by atoms with Crippen molar-refractivity contribution >= 4 is 12.6 Å². The van der Waals surface area contributed by atoms with Crippen LogP contribution in [0.4, 0.5) is 0 Å². The first-order chi connectivity index (χ1) is 10.2. The summed E-state index contributed by atoms with van der Waals surface area (Å²) >= 11 is 0. The second-order valence-electron chi connectivity index (χ2n) is 5.86. The number of hydrogen-bond donors (Lipinski definition) is 2. The molecule has 4 nitrogen and oxygen atoms in total. The maximum Gasteiger partial charge on any atom is 0.488 e. The van der Waals surface area contributed by atoms with Crippen molar-refractivity contribution in [3.8, 4) is 5.75 Å². The minimum atomic E-state index is -1.41. The van der Waals surface area contributed by atoms with Gasteiger partial charge in [-0.15, -0.1) is 0 Å². The van der Waals surface area contributed by atoms with E-state index in [0.29, 0.717) is 12.1 Å². The van der Waals surface area contributed by atoms with Gasteiger partial charge in [0, 0.05) is 6.54 Å². The summed E-state index contributed by atoms with van der Waals surface area (Å²) in [6.45, 7) is 6.28. The number of nitrogens with zero attached hydrogens (tertiary/aromatic N) is 1. The number of ether oxygens (including phenoxy) is 1. The maximum absolute atomic E-state index is 9.03. The summed E-state index contributed by atoms with van der Waals surface area (Å²) in [6.07, 6.45) is 5.30. The normalized spacial score (nSPS) is 16.9. The molecule has 1 heterocycles. The van der Waals surface area contributed by atoms with E-state index < -0.39 is 7.12 Å². The lowest BCUT2D eigenvalue weighted by atomic mass is 9.80. The van der Waals surface area contributed by atoms with Crippen LogP contribution < -0.4 is 10.2 Å². The Morgan fingerprint density at radius 3 is 2.43 bits per heavy atom. The summed E-state index contributed by atoms with van der Waals surface area (Å²) in [5.41, 5.74) is 0.486. The van der Waals surface area contributed by atoms with E-state index in [2.05, 4.69) is 11.8 Å². The van der Waals surface area contributed by atoms with Crippen molar-refractivity contribution in [1.29, 1.82) is 0 Å². The maximum atomic E-state index is 9.03. The monoisotopic (exact) mass is 291 g/mol. The molecule has 0 amide bonds. The first-order valence-corrected chi connectivity index (χ1v) is 8.00.